The van der Waals surface area contributed by atoms with E-state index >= 15 is 0 Å². The SMILES string of the molecule is O=C(c1cc(=O)[nH]o1)N1CC(c2cccc(F)c2)C2(CCC2)C1. The van der Waals surface area contributed by atoms with Crippen LogP contribution in [0.2, 0.25) is 0 Å². The molecule has 1 spiro atoms. The van der Waals surface area contributed by atoms with Gasteiger partial charge in [-0.1, -0.05) is 18.6 Å². The van der Waals surface area contributed by atoms with E-state index in [1.54, 1.807) is 17.0 Å². The van der Waals surface area contributed by atoms with Gasteiger partial charge in [0.1, 0.15) is 5.82 Å². The number of carbonyl (C=O) groups is 1. The zero-order valence-electron chi connectivity index (χ0n) is 12.5. The van der Waals surface area contributed by atoms with Crippen LogP contribution in [0.25, 0.3) is 0 Å². The first-order chi connectivity index (χ1) is 11.1. The van der Waals surface area contributed by atoms with Crippen LogP contribution in [-0.2, 0) is 0 Å². The molecule has 4 rings (SSSR count). The summed E-state index contributed by atoms with van der Waals surface area (Å²) in [6, 6.07) is 7.81. The largest absolute Gasteiger partial charge is 0.373 e. The van der Waals surface area contributed by atoms with Gasteiger partial charge in [-0.2, -0.15) is 5.16 Å². The fraction of sp³-hybridized carbons (Fsp3) is 0.412. The molecule has 1 aliphatic carbocycles. The Hall–Kier alpha value is -2.37. The molecule has 5 nitrogen and oxygen atoms in total. The monoisotopic (exact) mass is 316 g/mol. The predicted molar refractivity (Wildman–Crippen MR) is 80.7 cm³/mol. The van der Waals surface area contributed by atoms with Crippen LogP contribution < -0.4 is 5.56 Å². The summed E-state index contributed by atoms with van der Waals surface area (Å²) in [5.41, 5.74) is 0.545. The summed E-state index contributed by atoms with van der Waals surface area (Å²) in [6.45, 7) is 1.15. The number of aromatic amines is 1. The van der Waals surface area contributed by atoms with Crippen LogP contribution >= 0.6 is 0 Å². The molecule has 2 fully saturated rings. The van der Waals surface area contributed by atoms with Gasteiger partial charge in [0.05, 0.1) is 6.07 Å². The van der Waals surface area contributed by atoms with Crippen molar-refractivity contribution in [1.29, 1.82) is 0 Å². The Balaban J connectivity index is 1.63. The van der Waals surface area contributed by atoms with Crippen LogP contribution in [0.4, 0.5) is 4.39 Å². The van der Waals surface area contributed by atoms with Crippen LogP contribution in [0.1, 0.15) is 41.3 Å². The molecule has 1 unspecified atom stereocenters. The zero-order valence-corrected chi connectivity index (χ0v) is 12.5. The molecule has 2 aliphatic rings. The highest BCUT2D eigenvalue weighted by Crippen LogP contribution is 2.55. The van der Waals surface area contributed by atoms with E-state index in [-0.39, 0.29) is 28.8 Å². The third-order valence-electron chi connectivity index (χ3n) is 5.27. The first kappa shape index (κ1) is 14.2. The Morgan fingerprint density at radius 3 is 2.78 bits per heavy atom. The van der Waals surface area contributed by atoms with Gasteiger partial charge in [0.2, 0.25) is 5.76 Å². The molecule has 0 radical (unpaired) electrons. The van der Waals surface area contributed by atoms with Crippen LogP contribution in [0, 0.1) is 11.2 Å². The molecule has 1 aliphatic heterocycles. The van der Waals surface area contributed by atoms with Crippen molar-refractivity contribution in [3.8, 4) is 0 Å². The number of benzene rings is 1. The minimum atomic E-state index is -0.424. The average molecular weight is 316 g/mol. The van der Waals surface area contributed by atoms with Gasteiger partial charge < -0.3 is 9.42 Å². The summed E-state index contributed by atoms with van der Waals surface area (Å²) < 4.78 is 18.5. The molecular formula is C17H17FN2O3. The summed E-state index contributed by atoms with van der Waals surface area (Å²) in [5, 5.41) is 2.14. The molecule has 120 valence electrons. The third kappa shape index (κ3) is 2.29. The van der Waals surface area contributed by atoms with Crippen molar-refractivity contribution in [3.63, 3.8) is 0 Å². The molecule has 1 N–H and O–H groups in total. The fourth-order valence-electron chi connectivity index (χ4n) is 3.99. The number of likely N-dealkylation sites (tertiary alicyclic amines) is 1. The lowest BCUT2D eigenvalue weighted by molar-refractivity contribution is 0.0686. The van der Waals surface area contributed by atoms with E-state index in [0.717, 1.165) is 24.8 Å². The number of H-pyrrole nitrogens is 1. The number of hydrogen-bond acceptors (Lipinski definition) is 3. The van der Waals surface area contributed by atoms with Gasteiger partial charge in [-0.25, -0.2) is 4.39 Å². The number of carbonyl (C=O) groups excluding carboxylic acids is 1. The lowest BCUT2D eigenvalue weighted by Gasteiger charge is -2.43. The highest BCUT2D eigenvalue weighted by molar-refractivity contribution is 5.91. The van der Waals surface area contributed by atoms with Gasteiger partial charge in [0.25, 0.3) is 11.5 Å². The minimum absolute atomic E-state index is 0.0278. The Labute approximate surface area is 132 Å². The zero-order chi connectivity index (χ0) is 16.0. The molecule has 0 bridgehead atoms. The lowest BCUT2D eigenvalue weighted by atomic mass is 9.61. The highest BCUT2D eigenvalue weighted by Gasteiger charge is 2.52. The predicted octanol–water partition coefficient (Wildman–Crippen LogP) is 2.52. The van der Waals surface area contributed by atoms with E-state index in [1.807, 2.05) is 6.07 Å². The van der Waals surface area contributed by atoms with E-state index < -0.39 is 5.56 Å². The molecule has 1 aromatic heterocycles. The van der Waals surface area contributed by atoms with Crippen LogP contribution in [-0.4, -0.2) is 29.1 Å². The van der Waals surface area contributed by atoms with E-state index in [2.05, 4.69) is 5.16 Å². The number of amides is 1. The number of aromatic nitrogens is 1. The summed E-state index contributed by atoms with van der Waals surface area (Å²) in [4.78, 5) is 25.4. The summed E-state index contributed by atoms with van der Waals surface area (Å²) >= 11 is 0. The Bertz CT molecular complexity index is 806. The topological polar surface area (TPSA) is 66.3 Å². The van der Waals surface area contributed by atoms with E-state index in [1.165, 1.54) is 12.1 Å². The van der Waals surface area contributed by atoms with Gasteiger partial charge in [0.15, 0.2) is 0 Å². The molecule has 1 saturated carbocycles. The second kappa shape index (κ2) is 5.08. The van der Waals surface area contributed by atoms with Crippen molar-refractivity contribution in [3.05, 3.63) is 57.8 Å². The average Bonchev–Trinajstić information content (AvgIpc) is 3.10. The van der Waals surface area contributed by atoms with Crippen molar-refractivity contribution in [2.24, 2.45) is 5.41 Å². The van der Waals surface area contributed by atoms with Gasteiger partial charge in [-0.15, -0.1) is 0 Å². The molecule has 1 saturated heterocycles. The first-order valence-corrected chi connectivity index (χ1v) is 7.81. The quantitative estimate of drug-likeness (QED) is 0.926. The fourth-order valence-corrected chi connectivity index (χ4v) is 3.99. The normalized spacial score (nSPS) is 22.3. The molecular weight excluding hydrogens is 299 g/mol. The van der Waals surface area contributed by atoms with Gasteiger partial charge >= 0.3 is 0 Å². The van der Waals surface area contributed by atoms with Gasteiger partial charge in [0, 0.05) is 19.0 Å². The molecule has 1 amide bonds. The van der Waals surface area contributed by atoms with Crippen molar-refractivity contribution >= 4 is 5.91 Å². The van der Waals surface area contributed by atoms with E-state index in [0.29, 0.717) is 13.1 Å². The smallest absolute Gasteiger partial charge is 0.292 e. The maximum atomic E-state index is 13.6. The number of nitrogens with one attached hydrogen (secondary N) is 1. The summed E-state index contributed by atoms with van der Waals surface area (Å²) in [5.74, 6) is -0.377. The number of rotatable bonds is 2. The number of nitrogens with zero attached hydrogens (tertiary/aromatic N) is 1. The standard InChI is InChI=1S/C17H17FN2O3/c18-12-4-1-3-11(7-12)13-9-20(10-17(13)5-2-6-17)16(22)14-8-15(21)19-23-14/h1,3-4,7-8,13H,2,5-6,9-10H2,(H,19,21). The molecule has 2 aromatic rings. The third-order valence-corrected chi connectivity index (χ3v) is 5.27. The molecule has 1 atom stereocenters. The van der Waals surface area contributed by atoms with Crippen LogP contribution in [0.5, 0.6) is 0 Å². The Morgan fingerprint density at radius 1 is 1.35 bits per heavy atom. The van der Waals surface area contributed by atoms with Crippen LogP contribution in [0.3, 0.4) is 0 Å². The van der Waals surface area contributed by atoms with Crippen molar-refractivity contribution in [2.45, 2.75) is 25.2 Å². The molecule has 6 heteroatoms. The van der Waals surface area contributed by atoms with E-state index in [4.69, 9.17) is 4.52 Å². The maximum absolute atomic E-state index is 13.6. The van der Waals surface area contributed by atoms with E-state index in [9.17, 15) is 14.0 Å². The minimum Gasteiger partial charge on any atom is -0.373 e. The molecule has 2 heterocycles. The Morgan fingerprint density at radius 2 is 2.17 bits per heavy atom. The summed E-state index contributed by atoms with van der Waals surface area (Å²) in [7, 11) is 0. The lowest BCUT2D eigenvalue weighted by Crippen LogP contribution is -2.37. The van der Waals surface area contributed by atoms with Gasteiger partial charge in [-0.3, -0.25) is 9.59 Å². The first-order valence-electron chi connectivity index (χ1n) is 7.81. The maximum Gasteiger partial charge on any atom is 0.292 e. The second-order valence-electron chi connectivity index (χ2n) is 6.59. The highest BCUT2D eigenvalue weighted by atomic mass is 19.1. The number of halogens is 1. The van der Waals surface area contributed by atoms with Crippen molar-refractivity contribution < 1.29 is 13.7 Å². The molecule has 1 aromatic carbocycles. The Kier molecular flexibility index (Phi) is 3.14. The number of hydrogen-bond donors (Lipinski definition) is 1. The molecule has 23 heavy (non-hydrogen) atoms. The van der Waals surface area contributed by atoms with Crippen molar-refractivity contribution in [1.82, 2.24) is 10.1 Å². The van der Waals surface area contributed by atoms with Crippen LogP contribution in [0.15, 0.2) is 39.6 Å². The van der Waals surface area contributed by atoms with Gasteiger partial charge in [-0.05, 0) is 36.0 Å². The van der Waals surface area contributed by atoms with Crippen molar-refractivity contribution in [2.75, 3.05) is 13.1 Å². The second-order valence-corrected chi connectivity index (χ2v) is 6.59. The summed E-state index contributed by atoms with van der Waals surface area (Å²) in [6.07, 6.45) is 3.21.